The van der Waals surface area contributed by atoms with Gasteiger partial charge < -0.3 is 9.64 Å². The Morgan fingerprint density at radius 3 is 2.33 bits per heavy atom. The Labute approximate surface area is 196 Å². The minimum atomic E-state index is -1.20. The summed E-state index contributed by atoms with van der Waals surface area (Å²) in [5, 5.41) is -0.0716. The third-order valence-electron chi connectivity index (χ3n) is 5.42. The smallest absolute Gasteiger partial charge is 0.330 e. The van der Waals surface area contributed by atoms with Gasteiger partial charge in [-0.15, -0.1) is 11.8 Å². The predicted molar refractivity (Wildman–Crippen MR) is 127 cm³/mol. The van der Waals surface area contributed by atoms with Crippen LogP contribution in [-0.2, 0) is 14.3 Å². The lowest BCUT2D eigenvalue weighted by molar-refractivity contribution is -0.171. The van der Waals surface area contributed by atoms with Crippen molar-refractivity contribution in [3.8, 4) is 0 Å². The van der Waals surface area contributed by atoms with E-state index in [1.165, 1.54) is 17.3 Å². The van der Waals surface area contributed by atoms with Gasteiger partial charge in [0.2, 0.25) is 4.45 Å². The van der Waals surface area contributed by atoms with E-state index in [4.69, 9.17) is 16.3 Å². The number of nitrogens with zero attached hydrogens (tertiary/aromatic N) is 2. The Bertz CT molecular complexity index is 956. The van der Waals surface area contributed by atoms with E-state index < -0.39 is 26.8 Å². The quantitative estimate of drug-likeness (QED) is 0.185. The lowest BCUT2D eigenvalue weighted by atomic mass is 9.95. The summed E-state index contributed by atoms with van der Waals surface area (Å²) < 4.78 is 3.88. The Hall–Kier alpha value is -1.05. The summed E-state index contributed by atoms with van der Waals surface area (Å²) in [4.78, 5) is 32.3. The summed E-state index contributed by atoms with van der Waals surface area (Å²) in [5.74, 6) is -0.674. The first kappa shape index (κ1) is 23.6. The molecule has 2 aliphatic rings. The molecule has 2 fully saturated rings. The third kappa shape index (κ3) is 3.93. The number of carbonyl (C=O) groups is 2. The predicted octanol–water partition coefficient (Wildman–Crippen LogP) is 5.09. The van der Waals surface area contributed by atoms with E-state index in [2.05, 4.69) is 27.0 Å². The number of carbonyl (C=O) groups excluding carboxylic acids is 2. The van der Waals surface area contributed by atoms with Crippen LogP contribution in [0.5, 0.6) is 0 Å². The number of amides is 1. The molecule has 2 heterocycles. The van der Waals surface area contributed by atoms with E-state index in [0.29, 0.717) is 0 Å². The summed E-state index contributed by atoms with van der Waals surface area (Å²) in [5.41, 5.74) is 3.45. The van der Waals surface area contributed by atoms with E-state index in [1.54, 1.807) is 4.90 Å². The summed E-state index contributed by atoms with van der Waals surface area (Å²) in [6.45, 7) is 15.4. The molecule has 30 heavy (non-hydrogen) atoms. The minimum absolute atomic E-state index is 0.277. The Morgan fingerprint density at radius 2 is 1.77 bits per heavy atom. The lowest BCUT2D eigenvalue weighted by Gasteiger charge is -2.47. The van der Waals surface area contributed by atoms with Crippen LogP contribution < -0.4 is 0 Å². The number of rotatable bonds is 3. The number of aryl methyl sites for hydroxylation is 3. The lowest BCUT2D eigenvalue weighted by Crippen LogP contribution is -2.70. The molecule has 164 valence electrons. The fourth-order valence-corrected chi connectivity index (χ4v) is 6.71. The Morgan fingerprint density at radius 1 is 1.20 bits per heavy atom. The molecule has 1 unspecified atom stereocenters. The summed E-state index contributed by atoms with van der Waals surface area (Å²) in [7, 11) is 0. The maximum absolute atomic E-state index is 13.2. The molecular weight excluding hydrogens is 488 g/mol. The fraction of sp³-hybridized carbons (Fsp3) is 0.591. The molecule has 0 N–H and O–H groups in total. The van der Waals surface area contributed by atoms with Gasteiger partial charge in [-0.25, -0.2) is 9.79 Å². The standard InChI is InChI=1S/C22H28BrClN2O3S/c1-11-9-13(3)14(10-12(11)2)16(24)25-22(23)18(28)26-15(17(27)29-20(4,5)6)21(7,8)30-19(22)26/h9-10,15,19H,1-8H3/b25-16-/t15-,19+,22?/m0/s1. The molecule has 5 nitrogen and oxygen atoms in total. The van der Waals surface area contributed by atoms with Gasteiger partial charge in [-0.3, -0.25) is 4.79 Å². The van der Waals surface area contributed by atoms with Crippen LogP contribution in [0.4, 0.5) is 0 Å². The van der Waals surface area contributed by atoms with Crippen molar-refractivity contribution in [1.29, 1.82) is 0 Å². The number of hydrogen-bond donors (Lipinski definition) is 0. The summed E-state index contributed by atoms with van der Waals surface area (Å²) in [6, 6.07) is 3.37. The van der Waals surface area contributed by atoms with Crippen molar-refractivity contribution >= 4 is 56.3 Å². The Balaban J connectivity index is 1.93. The van der Waals surface area contributed by atoms with Gasteiger partial charge in [0.25, 0.3) is 5.91 Å². The van der Waals surface area contributed by atoms with Crippen LogP contribution in [0.2, 0.25) is 0 Å². The van der Waals surface area contributed by atoms with Gasteiger partial charge in [-0.1, -0.05) is 17.7 Å². The van der Waals surface area contributed by atoms with Gasteiger partial charge in [-0.05, 0) is 94.1 Å². The number of alkyl halides is 1. The first-order chi connectivity index (χ1) is 13.6. The van der Waals surface area contributed by atoms with Crippen LogP contribution >= 0.6 is 39.3 Å². The van der Waals surface area contributed by atoms with Crippen LogP contribution in [0.1, 0.15) is 56.9 Å². The van der Waals surface area contributed by atoms with Gasteiger partial charge in [0.05, 0.1) is 0 Å². The SMILES string of the molecule is Cc1cc(C)c(/C(Cl)=N/C2(Br)C(=O)N3[C@@H](C(=O)OC(C)(C)C)C(C)(C)S[C@@H]32)cc1C. The Kier molecular flexibility index (Phi) is 5.92. The van der Waals surface area contributed by atoms with E-state index in [1.807, 2.05) is 61.5 Å². The van der Waals surface area contributed by atoms with Gasteiger partial charge in [0.15, 0.2) is 0 Å². The topological polar surface area (TPSA) is 59.0 Å². The van der Waals surface area contributed by atoms with Crippen molar-refractivity contribution in [3.05, 3.63) is 34.4 Å². The van der Waals surface area contributed by atoms with Crippen molar-refractivity contribution in [2.45, 2.75) is 81.6 Å². The van der Waals surface area contributed by atoms with Crippen LogP contribution in [0.3, 0.4) is 0 Å². The van der Waals surface area contributed by atoms with Crippen molar-refractivity contribution < 1.29 is 14.3 Å². The van der Waals surface area contributed by atoms with Crippen molar-refractivity contribution in [2.24, 2.45) is 4.99 Å². The molecule has 0 spiro atoms. The van der Waals surface area contributed by atoms with Gasteiger partial charge >= 0.3 is 5.97 Å². The van der Waals surface area contributed by atoms with Gasteiger partial charge in [0, 0.05) is 10.3 Å². The molecular formula is C22H28BrClN2O3S. The number of fused-ring (bicyclic) bond motifs is 1. The van der Waals surface area contributed by atoms with Crippen molar-refractivity contribution in [3.63, 3.8) is 0 Å². The minimum Gasteiger partial charge on any atom is -0.458 e. The summed E-state index contributed by atoms with van der Waals surface area (Å²) in [6.07, 6.45) is 0. The number of thioether (sulfide) groups is 1. The maximum atomic E-state index is 13.2. The first-order valence-electron chi connectivity index (χ1n) is 9.84. The number of aliphatic imine (C=N–C) groups is 1. The zero-order valence-electron chi connectivity index (χ0n) is 18.6. The molecule has 0 radical (unpaired) electrons. The summed E-state index contributed by atoms with van der Waals surface area (Å²) >= 11 is 11.7. The zero-order chi connectivity index (χ0) is 22.8. The third-order valence-corrected chi connectivity index (χ3v) is 8.58. The monoisotopic (exact) mass is 514 g/mol. The number of ether oxygens (including phenoxy) is 1. The average molecular weight is 516 g/mol. The van der Waals surface area contributed by atoms with Crippen LogP contribution in [-0.4, -0.2) is 48.2 Å². The molecule has 3 atom stereocenters. The molecule has 0 bridgehead atoms. The molecule has 1 aromatic carbocycles. The van der Waals surface area contributed by atoms with E-state index in [9.17, 15) is 9.59 Å². The number of hydrogen-bond acceptors (Lipinski definition) is 5. The molecule has 1 aromatic rings. The number of esters is 1. The highest BCUT2D eigenvalue weighted by Crippen LogP contribution is 2.58. The molecule has 0 aliphatic carbocycles. The molecule has 2 saturated heterocycles. The first-order valence-corrected chi connectivity index (χ1v) is 11.9. The number of halogens is 2. The second kappa shape index (κ2) is 7.52. The van der Waals surface area contributed by atoms with Crippen molar-refractivity contribution in [1.82, 2.24) is 4.90 Å². The second-order valence-electron chi connectivity index (χ2n) is 9.55. The highest BCUT2D eigenvalue weighted by atomic mass is 79.9. The van der Waals surface area contributed by atoms with E-state index in [-0.39, 0.29) is 16.5 Å². The van der Waals surface area contributed by atoms with Gasteiger partial charge in [0.1, 0.15) is 22.2 Å². The molecule has 0 aromatic heterocycles. The highest BCUT2D eigenvalue weighted by molar-refractivity contribution is 9.10. The van der Waals surface area contributed by atoms with E-state index in [0.717, 1.165) is 16.7 Å². The van der Waals surface area contributed by atoms with Crippen LogP contribution in [0.25, 0.3) is 0 Å². The molecule has 8 heteroatoms. The maximum Gasteiger partial charge on any atom is 0.330 e. The van der Waals surface area contributed by atoms with Crippen LogP contribution in [0.15, 0.2) is 17.1 Å². The highest BCUT2D eigenvalue weighted by Gasteiger charge is 2.71. The van der Waals surface area contributed by atoms with Crippen molar-refractivity contribution in [2.75, 3.05) is 0 Å². The molecule has 0 saturated carbocycles. The zero-order valence-corrected chi connectivity index (χ0v) is 21.8. The largest absolute Gasteiger partial charge is 0.458 e. The number of β-lactam (4-membered cyclic amide) rings is 1. The average Bonchev–Trinajstić information content (AvgIpc) is 2.86. The van der Waals surface area contributed by atoms with Crippen LogP contribution in [0, 0.1) is 20.8 Å². The molecule has 2 aliphatic heterocycles. The fourth-order valence-electron chi connectivity index (χ4n) is 3.83. The molecule has 1 amide bonds. The number of benzene rings is 1. The van der Waals surface area contributed by atoms with E-state index >= 15 is 0 Å². The normalized spacial score (nSPS) is 28.3. The second-order valence-corrected chi connectivity index (χ2v) is 12.9. The molecule has 3 rings (SSSR count). The van der Waals surface area contributed by atoms with Gasteiger partial charge in [-0.2, -0.15) is 0 Å².